The predicted molar refractivity (Wildman–Crippen MR) is 85.1 cm³/mol. The minimum absolute atomic E-state index is 0.803. The average molecular weight is 334 g/mol. The molecule has 4 heteroatoms. The maximum Gasteiger partial charge on any atom is 0.0467 e. The van der Waals surface area contributed by atoms with Crippen molar-refractivity contribution in [2.45, 2.75) is 18.7 Å². The van der Waals surface area contributed by atoms with Gasteiger partial charge in [0.2, 0.25) is 0 Å². The van der Waals surface area contributed by atoms with Crippen molar-refractivity contribution in [1.29, 1.82) is 0 Å². The standard InChI is InChI=1S/C14H22BrClN2/c1-4-7-18(9-8-17(2)3)13-6-5-12(11-15)14(16)10-13/h5-6,10H,4,7-9,11H2,1-3H3. The smallest absolute Gasteiger partial charge is 0.0467 e. The fraction of sp³-hybridized carbons (Fsp3) is 0.571. The fourth-order valence-electron chi connectivity index (χ4n) is 1.80. The van der Waals surface area contributed by atoms with Crippen molar-refractivity contribution in [3.05, 3.63) is 28.8 Å². The minimum Gasteiger partial charge on any atom is -0.370 e. The Hall–Kier alpha value is -0.250. The number of nitrogens with zero attached hydrogens (tertiary/aromatic N) is 2. The number of halogens is 2. The monoisotopic (exact) mass is 332 g/mol. The topological polar surface area (TPSA) is 6.48 Å². The molecule has 0 unspecified atom stereocenters. The van der Waals surface area contributed by atoms with Crippen LogP contribution in [0.2, 0.25) is 5.02 Å². The number of alkyl halides is 1. The zero-order valence-corrected chi connectivity index (χ0v) is 13.8. The van der Waals surface area contributed by atoms with Crippen LogP contribution in [0.15, 0.2) is 18.2 Å². The molecule has 0 aliphatic carbocycles. The Kier molecular flexibility index (Phi) is 7.05. The maximum absolute atomic E-state index is 6.27. The predicted octanol–water partition coefficient (Wildman–Crippen LogP) is 4.01. The number of anilines is 1. The second-order valence-electron chi connectivity index (χ2n) is 4.70. The van der Waals surface area contributed by atoms with Gasteiger partial charge in [0.05, 0.1) is 0 Å². The van der Waals surface area contributed by atoms with Gasteiger partial charge in [-0.2, -0.15) is 0 Å². The molecule has 0 heterocycles. The Bertz CT molecular complexity index is 369. The van der Waals surface area contributed by atoms with Gasteiger partial charge in [-0.05, 0) is 38.2 Å². The molecule has 0 amide bonds. The van der Waals surface area contributed by atoms with Crippen molar-refractivity contribution >= 4 is 33.2 Å². The highest BCUT2D eigenvalue weighted by Gasteiger charge is 2.08. The quantitative estimate of drug-likeness (QED) is 0.696. The molecule has 1 rings (SSSR count). The van der Waals surface area contributed by atoms with E-state index in [1.807, 2.05) is 0 Å². The molecule has 0 saturated heterocycles. The highest BCUT2D eigenvalue weighted by atomic mass is 79.9. The SMILES string of the molecule is CCCN(CCN(C)C)c1ccc(CBr)c(Cl)c1. The summed E-state index contributed by atoms with van der Waals surface area (Å²) in [6.07, 6.45) is 1.14. The van der Waals surface area contributed by atoms with Crippen LogP contribution in [0.4, 0.5) is 5.69 Å². The first-order valence-electron chi connectivity index (χ1n) is 6.32. The van der Waals surface area contributed by atoms with Crippen LogP contribution in [0, 0.1) is 0 Å². The third-order valence-electron chi connectivity index (χ3n) is 2.86. The first-order chi connectivity index (χ1) is 8.58. The van der Waals surface area contributed by atoms with E-state index in [-0.39, 0.29) is 0 Å². The summed E-state index contributed by atoms with van der Waals surface area (Å²) in [5.41, 5.74) is 2.36. The van der Waals surface area contributed by atoms with Gasteiger partial charge in [-0.1, -0.05) is 40.5 Å². The maximum atomic E-state index is 6.27. The number of likely N-dealkylation sites (N-methyl/N-ethyl adjacent to an activating group) is 1. The van der Waals surface area contributed by atoms with Crippen LogP contribution in [0.1, 0.15) is 18.9 Å². The van der Waals surface area contributed by atoms with Gasteiger partial charge in [-0.3, -0.25) is 0 Å². The number of benzene rings is 1. The lowest BCUT2D eigenvalue weighted by Gasteiger charge is -2.26. The van der Waals surface area contributed by atoms with Crippen LogP contribution in [0.3, 0.4) is 0 Å². The van der Waals surface area contributed by atoms with Crippen LogP contribution in [-0.4, -0.2) is 38.6 Å². The van der Waals surface area contributed by atoms with E-state index < -0.39 is 0 Å². The Morgan fingerprint density at radius 3 is 2.39 bits per heavy atom. The second kappa shape index (κ2) is 8.03. The van der Waals surface area contributed by atoms with Gasteiger partial charge >= 0.3 is 0 Å². The van der Waals surface area contributed by atoms with Crippen LogP contribution < -0.4 is 4.90 Å². The molecule has 0 spiro atoms. The summed E-state index contributed by atoms with van der Waals surface area (Å²) < 4.78 is 0. The molecule has 0 fully saturated rings. The van der Waals surface area contributed by atoms with E-state index >= 15 is 0 Å². The third-order valence-corrected chi connectivity index (χ3v) is 3.81. The summed E-state index contributed by atoms with van der Waals surface area (Å²) in [6, 6.07) is 6.34. The van der Waals surface area contributed by atoms with Crippen molar-refractivity contribution in [2.24, 2.45) is 0 Å². The molecular formula is C14H22BrClN2. The van der Waals surface area contributed by atoms with E-state index in [0.29, 0.717) is 0 Å². The Balaban J connectivity index is 2.81. The Morgan fingerprint density at radius 1 is 1.17 bits per heavy atom. The lowest BCUT2D eigenvalue weighted by Crippen LogP contribution is -2.32. The van der Waals surface area contributed by atoms with Gasteiger partial charge in [0.25, 0.3) is 0 Å². The summed E-state index contributed by atoms with van der Waals surface area (Å²) in [6.45, 7) is 5.36. The molecule has 0 atom stereocenters. The van der Waals surface area contributed by atoms with Gasteiger partial charge in [-0.25, -0.2) is 0 Å². The first kappa shape index (κ1) is 15.8. The van der Waals surface area contributed by atoms with Gasteiger partial charge in [0, 0.05) is 35.7 Å². The molecule has 0 N–H and O–H groups in total. The number of hydrogen-bond donors (Lipinski definition) is 0. The van der Waals surface area contributed by atoms with E-state index in [1.54, 1.807) is 0 Å². The first-order valence-corrected chi connectivity index (χ1v) is 7.82. The molecule has 2 nitrogen and oxygen atoms in total. The van der Waals surface area contributed by atoms with E-state index in [2.05, 4.69) is 64.9 Å². The van der Waals surface area contributed by atoms with Gasteiger partial charge in [0.15, 0.2) is 0 Å². The van der Waals surface area contributed by atoms with Crippen LogP contribution >= 0.6 is 27.5 Å². The lowest BCUT2D eigenvalue weighted by atomic mass is 10.2. The van der Waals surface area contributed by atoms with E-state index in [4.69, 9.17) is 11.6 Å². The molecule has 1 aromatic carbocycles. The summed E-state index contributed by atoms with van der Waals surface area (Å²) in [5.74, 6) is 0. The molecule has 0 saturated carbocycles. The third kappa shape index (κ3) is 4.79. The summed E-state index contributed by atoms with van der Waals surface area (Å²) in [4.78, 5) is 4.60. The molecule has 102 valence electrons. The molecule has 18 heavy (non-hydrogen) atoms. The zero-order chi connectivity index (χ0) is 13.5. The molecule has 1 aromatic rings. The van der Waals surface area contributed by atoms with Gasteiger partial charge in [0.1, 0.15) is 0 Å². The highest BCUT2D eigenvalue weighted by Crippen LogP contribution is 2.25. The lowest BCUT2D eigenvalue weighted by molar-refractivity contribution is 0.413. The van der Waals surface area contributed by atoms with E-state index in [1.165, 1.54) is 5.69 Å². The molecule has 0 aliphatic heterocycles. The van der Waals surface area contributed by atoms with E-state index in [0.717, 1.165) is 42.0 Å². The van der Waals surface area contributed by atoms with Crippen molar-refractivity contribution in [3.63, 3.8) is 0 Å². The zero-order valence-electron chi connectivity index (χ0n) is 11.4. The fourth-order valence-corrected chi connectivity index (χ4v) is 2.69. The molecule has 0 aliphatic rings. The summed E-state index contributed by atoms with van der Waals surface area (Å²) >= 11 is 9.72. The summed E-state index contributed by atoms with van der Waals surface area (Å²) in [7, 11) is 4.20. The largest absolute Gasteiger partial charge is 0.370 e. The van der Waals surface area contributed by atoms with Crippen molar-refractivity contribution < 1.29 is 0 Å². The van der Waals surface area contributed by atoms with Crippen LogP contribution in [-0.2, 0) is 5.33 Å². The number of hydrogen-bond acceptors (Lipinski definition) is 2. The highest BCUT2D eigenvalue weighted by molar-refractivity contribution is 9.08. The minimum atomic E-state index is 0.803. The average Bonchev–Trinajstić information content (AvgIpc) is 2.34. The normalized spacial score (nSPS) is 11.0. The molecular weight excluding hydrogens is 312 g/mol. The van der Waals surface area contributed by atoms with Crippen LogP contribution in [0.25, 0.3) is 0 Å². The Morgan fingerprint density at radius 2 is 1.89 bits per heavy atom. The summed E-state index contributed by atoms with van der Waals surface area (Å²) in [5, 5.41) is 1.65. The van der Waals surface area contributed by atoms with Crippen LogP contribution in [0.5, 0.6) is 0 Å². The van der Waals surface area contributed by atoms with Crippen molar-refractivity contribution in [2.75, 3.05) is 38.6 Å². The molecule has 0 aromatic heterocycles. The Labute approximate surface area is 124 Å². The van der Waals surface area contributed by atoms with Crippen molar-refractivity contribution in [1.82, 2.24) is 4.90 Å². The van der Waals surface area contributed by atoms with Gasteiger partial charge < -0.3 is 9.80 Å². The molecule has 0 radical (unpaired) electrons. The number of rotatable bonds is 7. The second-order valence-corrected chi connectivity index (χ2v) is 5.67. The van der Waals surface area contributed by atoms with Gasteiger partial charge in [-0.15, -0.1) is 0 Å². The molecule has 0 bridgehead atoms. The van der Waals surface area contributed by atoms with E-state index in [9.17, 15) is 0 Å². The van der Waals surface area contributed by atoms with Crippen molar-refractivity contribution in [3.8, 4) is 0 Å².